The fraction of sp³-hybridized carbons (Fsp3) is 0.125. The van der Waals surface area contributed by atoms with Crippen molar-refractivity contribution in [2.45, 2.75) is 6.42 Å². The molecule has 5 heteroatoms. The second-order valence-corrected chi connectivity index (χ2v) is 4.76. The molecule has 0 aliphatic rings. The quantitative estimate of drug-likeness (QED) is 0.770. The van der Waals surface area contributed by atoms with Crippen molar-refractivity contribution in [1.29, 1.82) is 0 Å². The topological polar surface area (TPSA) is 79.5 Å². The molecule has 0 unspecified atom stereocenters. The minimum Gasteiger partial charge on any atom is -0.480 e. The van der Waals surface area contributed by atoms with Crippen molar-refractivity contribution in [3.05, 3.63) is 48.2 Å². The van der Waals surface area contributed by atoms with Gasteiger partial charge in [-0.25, -0.2) is 0 Å². The number of carbonyl (C=O) groups excluding carboxylic acids is 1. The van der Waals surface area contributed by atoms with Gasteiger partial charge in [0.1, 0.15) is 17.9 Å². The minimum absolute atomic E-state index is 0.0241. The van der Waals surface area contributed by atoms with Gasteiger partial charge in [0.2, 0.25) is 5.91 Å². The third kappa shape index (κ3) is 2.72. The molecule has 1 amide bonds. The smallest absolute Gasteiger partial charge is 0.322 e. The van der Waals surface area contributed by atoms with Crippen LogP contribution in [-0.4, -0.2) is 23.5 Å². The summed E-state index contributed by atoms with van der Waals surface area (Å²) < 4.78 is 5.65. The molecular weight excluding hydrogens is 270 g/mol. The summed E-state index contributed by atoms with van der Waals surface area (Å²) in [5.41, 5.74) is 0.717. The predicted octanol–water partition coefficient (Wildman–Crippen LogP) is 2.33. The summed E-state index contributed by atoms with van der Waals surface area (Å²) in [6.07, 6.45) is 0.0241. The Morgan fingerprint density at radius 2 is 1.90 bits per heavy atom. The van der Waals surface area contributed by atoms with E-state index in [-0.39, 0.29) is 18.9 Å². The van der Waals surface area contributed by atoms with Gasteiger partial charge in [-0.1, -0.05) is 30.3 Å². The highest BCUT2D eigenvalue weighted by molar-refractivity contribution is 6.06. The van der Waals surface area contributed by atoms with Gasteiger partial charge in [-0.15, -0.1) is 0 Å². The van der Waals surface area contributed by atoms with E-state index < -0.39 is 5.97 Å². The van der Waals surface area contributed by atoms with Crippen molar-refractivity contribution < 1.29 is 19.1 Å². The zero-order valence-electron chi connectivity index (χ0n) is 11.1. The summed E-state index contributed by atoms with van der Waals surface area (Å²) in [6, 6.07) is 13.6. The highest BCUT2D eigenvalue weighted by atomic mass is 16.4. The molecule has 1 aromatic heterocycles. The first-order valence-electron chi connectivity index (χ1n) is 6.52. The van der Waals surface area contributed by atoms with Crippen LogP contribution in [0.3, 0.4) is 0 Å². The summed E-state index contributed by atoms with van der Waals surface area (Å²) in [6.45, 7) is -0.387. The summed E-state index contributed by atoms with van der Waals surface area (Å²) in [7, 11) is 0. The molecule has 0 aliphatic heterocycles. The first-order chi connectivity index (χ1) is 10.1. The van der Waals surface area contributed by atoms with Gasteiger partial charge in [-0.3, -0.25) is 9.59 Å². The molecule has 1 heterocycles. The van der Waals surface area contributed by atoms with Gasteiger partial charge in [0, 0.05) is 5.39 Å². The maximum absolute atomic E-state index is 11.6. The monoisotopic (exact) mass is 283 g/mol. The number of hydrogen-bond donors (Lipinski definition) is 2. The van der Waals surface area contributed by atoms with Crippen LogP contribution in [0.15, 0.2) is 46.9 Å². The Hall–Kier alpha value is -2.82. The molecule has 0 aliphatic carbocycles. The third-order valence-corrected chi connectivity index (χ3v) is 3.25. The largest absolute Gasteiger partial charge is 0.480 e. The number of aliphatic carboxylic acids is 1. The molecule has 0 saturated heterocycles. The molecule has 0 spiro atoms. The molecule has 3 aromatic rings. The Kier molecular flexibility index (Phi) is 3.31. The van der Waals surface area contributed by atoms with Crippen molar-refractivity contribution in [3.8, 4) is 0 Å². The second kappa shape index (κ2) is 5.28. The Morgan fingerprint density at radius 1 is 1.10 bits per heavy atom. The number of carbonyl (C=O) groups is 2. The predicted molar refractivity (Wildman–Crippen MR) is 78.1 cm³/mol. The van der Waals surface area contributed by atoms with E-state index in [1.54, 1.807) is 0 Å². The van der Waals surface area contributed by atoms with Gasteiger partial charge in [0.15, 0.2) is 0 Å². The van der Waals surface area contributed by atoms with Crippen LogP contribution in [0.25, 0.3) is 21.7 Å². The number of carboxylic acids is 1. The SMILES string of the molecule is O=C(O)CNC(=O)Cc1cc2c(ccc3ccccc32)o1. The number of benzene rings is 2. The molecule has 21 heavy (non-hydrogen) atoms. The van der Waals surface area contributed by atoms with E-state index in [4.69, 9.17) is 9.52 Å². The van der Waals surface area contributed by atoms with Crippen LogP contribution < -0.4 is 5.32 Å². The summed E-state index contributed by atoms with van der Waals surface area (Å²) in [5, 5.41) is 14.0. The lowest BCUT2D eigenvalue weighted by molar-refractivity contribution is -0.137. The number of fused-ring (bicyclic) bond motifs is 3. The molecule has 3 rings (SSSR count). The van der Waals surface area contributed by atoms with E-state index in [1.807, 2.05) is 42.5 Å². The Labute approximate surface area is 120 Å². The molecule has 5 nitrogen and oxygen atoms in total. The average Bonchev–Trinajstić information content (AvgIpc) is 2.88. The second-order valence-electron chi connectivity index (χ2n) is 4.76. The number of furan rings is 1. The lowest BCUT2D eigenvalue weighted by atomic mass is 10.1. The van der Waals surface area contributed by atoms with Crippen molar-refractivity contribution in [1.82, 2.24) is 5.32 Å². The van der Waals surface area contributed by atoms with Crippen LogP contribution in [0, 0.1) is 0 Å². The number of carboxylic acid groups (broad SMARTS) is 1. The van der Waals surface area contributed by atoms with Gasteiger partial charge < -0.3 is 14.8 Å². The van der Waals surface area contributed by atoms with Gasteiger partial charge >= 0.3 is 5.97 Å². The molecule has 106 valence electrons. The van der Waals surface area contributed by atoms with Crippen molar-refractivity contribution in [2.24, 2.45) is 0 Å². The lowest BCUT2D eigenvalue weighted by Gasteiger charge is -1.99. The zero-order chi connectivity index (χ0) is 14.8. The number of rotatable bonds is 4. The van der Waals surface area contributed by atoms with Crippen LogP contribution in [0.1, 0.15) is 5.76 Å². The van der Waals surface area contributed by atoms with E-state index in [0.29, 0.717) is 5.76 Å². The van der Waals surface area contributed by atoms with Crippen molar-refractivity contribution >= 4 is 33.6 Å². The van der Waals surface area contributed by atoms with Gasteiger partial charge in [-0.05, 0) is 22.9 Å². The third-order valence-electron chi connectivity index (χ3n) is 3.25. The molecule has 2 N–H and O–H groups in total. The summed E-state index contributed by atoms with van der Waals surface area (Å²) in [5.74, 6) is -0.927. The minimum atomic E-state index is -1.07. The van der Waals surface area contributed by atoms with E-state index in [0.717, 1.165) is 21.7 Å². The van der Waals surface area contributed by atoms with Crippen LogP contribution >= 0.6 is 0 Å². The van der Waals surface area contributed by atoms with Crippen LogP contribution in [0.2, 0.25) is 0 Å². The average molecular weight is 283 g/mol. The fourth-order valence-corrected chi connectivity index (χ4v) is 2.33. The molecule has 0 radical (unpaired) electrons. The highest BCUT2D eigenvalue weighted by Crippen LogP contribution is 2.28. The fourth-order valence-electron chi connectivity index (χ4n) is 2.33. The number of amides is 1. The van der Waals surface area contributed by atoms with Crippen molar-refractivity contribution in [2.75, 3.05) is 6.54 Å². The Bertz CT molecular complexity index is 835. The molecule has 2 aromatic carbocycles. The highest BCUT2D eigenvalue weighted by Gasteiger charge is 2.11. The molecule has 0 atom stereocenters. The van der Waals surface area contributed by atoms with Gasteiger partial charge in [0.25, 0.3) is 0 Å². The van der Waals surface area contributed by atoms with Gasteiger partial charge in [-0.2, -0.15) is 0 Å². The van der Waals surface area contributed by atoms with Crippen molar-refractivity contribution in [3.63, 3.8) is 0 Å². The lowest BCUT2D eigenvalue weighted by Crippen LogP contribution is -2.30. The van der Waals surface area contributed by atoms with Crippen LogP contribution in [-0.2, 0) is 16.0 Å². The summed E-state index contributed by atoms with van der Waals surface area (Å²) >= 11 is 0. The maximum atomic E-state index is 11.6. The number of hydrogen-bond acceptors (Lipinski definition) is 3. The Balaban J connectivity index is 1.89. The normalized spacial score (nSPS) is 10.9. The molecule has 0 bridgehead atoms. The van der Waals surface area contributed by atoms with E-state index in [2.05, 4.69) is 5.32 Å². The maximum Gasteiger partial charge on any atom is 0.322 e. The van der Waals surface area contributed by atoms with Gasteiger partial charge in [0.05, 0.1) is 6.42 Å². The van der Waals surface area contributed by atoms with Crippen LogP contribution in [0.5, 0.6) is 0 Å². The first kappa shape index (κ1) is 13.2. The van der Waals surface area contributed by atoms with E-state index >= 15 is 0 Å². The first-order valence-corrected chi connectivity index (χ1v) is 6.52. The van der Waals surface area contributed by atoms with E-state index in [1.165, 1.54) is 0 Å². The van der Waals surface area contributed by atoms with E-state index in [9.17, 15) is 9.59 Å². The summed E-state index contributed by atoms with van der Waals surface area (Å²) in [4.78, 5) is 22.0. The number of nitrogens with one attached hydrogen (secondary N) is 1. The molecule has 0 saturated carbocycles. The molecular formula is C16H13NO4. The van der Waals surface area contributed by atoms with Crippen LogP contribution in [0.4, 0.5) is 0 Å². The Morgan fingerprint density at radius 3 is 2.71 bits per heavy atom. The molecule has 0 fully saturated rings. The standard InChI is InChI=1S/C16H13NO4/c18-15(17-9-16(19)20)8-11-7-13-12-4-2-1-3-10(12)5-6-14(13)21-11/h1-7H,8-9H2,(H,17,18)(H,19,20). The zero-order valence-corrected chi connectivity index (χ0v) is 11.1.